The number of halogens is 3. The van der Waals surface area contributed by atoms with E-state index in [1.165, 1.54) is 46.9 Å². The summed E-state index contributed by atoms with van der Waals surface area (Å²) in [6, 6.07) is 9.42. The molecule has 3 aromatic heterocycles. The second-order valence-corrected chi connectivity index (χ2v) is 10.3. The number of alkyl halides is 3. The zero-order valence-corrected chi connectivity index (χ0v) is 22.9. The molecule has 43 heavy (non-hydrogen) atoms. The number of thiazole rings is 1. The third-order valence-electron chi connectivity index (χ3n) is 6.39. The molecule has 2 aromatic carbocycles. The van der Waals surface area contributed by atoms with Crippen LogP contribution in [0.5, 0.6) is 11.8 Å². The number of nitrogens with zero attached hydrogens (tertiary/aromatic N) is 6. The van der Waals surface area contributed by atoms with Gasteiger partial charge >= 0.3 is 18.2 Å². The number of aromatic nitrogens is 5. The molecular formula is C28H21F3N8O3S. The minimum Gasteiger partial charge on any atom is -0.424 e. The van der Waals surface area contributed by atoms with Crippen LogP contribution in [0.3, 0.4) is 0 Å². The third kappa shape index (κ3) is 6.30. The molecule has 0 saturated carbocycles. The van der Waals surface area contributed by atoms with Gasteiger partial charge in [0.05, 0.1) is 46.2 Å². The van der Waals surface area contributed by atoms with Gasteiger partial charge in [0.1, 0.15) is 5.75 Å². The van der Waals surface area contributed by atoms with Crippen LogP contribution in [-0.4, -0.2) is 43.0 Å². The maximum Gasteiger partial charge on any atom is 0.416 e. The fourth-order valence-electron chi connectivity index (χ4n) is 4.32. The van der Waals surface area contributed by atoms with Crippen LogP contribution >= 0.6 is 11.3 Å². The van der Waals surface area contributed by atoms with E-state index in [1.54, 1.807) is 29.4 Å². The molecule has 0 radical (unpaired) electrons. The number of rotatable bonds is 7. The maximum atomic E-state index is 13.3. The van der Waals surface area contributed by atoms with Crippen LogP contribution < -0.4 is 20.3 Å². The fourth-order valence-corrected chi connectivity index (χ4v) is 5.29. The van der Waals surface area contributed by atoms with Gasteiger partial charge in [0.2, 0.25) is 5.91 Å². The lowest BCUT2D eigenvalue weighted by Gasteiger charge is -2.15. The molecule has 2 N–H and O–H groups in total. The second kappa shape index (κ2) is 11.5. The van der Waals surface area contributed by atoms with Crippen molar-refractivity contribution in [2.24, 2.45) is 0 Å². The monoisotopic (exact) mass is 606 g/mol. The predicted molar refractivity (Wildman–Crippen MR) is 152 cm³/mol. The number of benzene rings is 2. The normalized spacial score (nSPS) is 13.3. The lowest BCUT2D eigenvalue weighted by Crippen LogP contribution is -2.23. The van der Waals surface area contributed by atoms with Crippen molar-refractivity contribution < 1.29 is 27.5 Å². The van der Waals surface area contributed by atoms with E-state index in [1.807, 2.05) is 12.1 Å². The van der Waals surface area contributed by atoms with Gasteiger partial charge in [0.15, 0.2) is 5.13 Å². The highest BCUT2D eigenvalue weighted by Crippen LogP contribution is 2.35. The molecular weight excluding hydrogens is 585 g/mol. The Morgan fingerprint density at radius 3 is 2.47 bits per heavy atom. The molecule has 4 heterocycles. The summed E-state index contributed by atoms with van der Waals surface area (Å²) in [5.74, 6) is 0.556. The first kappa shape index (κ1) is 27.8. The van der Waals surface area contributed by atoms with E-state index in [9.17, 15) is 22.8 Å². The smallest absolute Gasteiger partial charge is 0.416 e. The van der Waals surface area contributed by atoms with Crippen molar-refractivity contribution in [3.63, 3.8) is 0 Å². The molecule has 0 spiro atoms. The lowest BCUT2D eigenvalue weighted by molar-refractivity contribution is -0.137. The highest BCUT2D eigenvalue weighted by Gasteiger charge is 2.31. The molecule has 1 saturated heterocycles. The number of anilines is 3. The average molecular weight is 607 g/mol. The Kier molecular flexibility index (Phi) is 7.46. The molecule has 0 atom stereocenters. The predicted octanol–water partition coefficient (Wildman–Crippen LogP) is 6.37. The Bertz CT molecular complexity index is 1760. The topological polar surface area (TPSA) is 127 Å². The first-order chi connectivity index (χ1) is 20.7. The summed E-state index contributed by atoms with van der Waals surface area (Å²) in [4.78, 5) is 43.7. The van der Waals surface area contributed by atoms with E-state index in [0.717, 1.165) is 29.0 Å². The van der Waals surface area contributed by atoms with Gasteiger partial charge in [-0.1, -0.05) is 11.3 Å². The Morgan fingerprint density at radius 2 is 1.79 bits per heavy atom. The van der Waals surface area contributed by atoms with Crippen LogP contribution in [0.1, 0.15) is 18.4 Å². The van der Waals surface area contributed by atoms with E-state index >= 15 is 0 Å². The molecule has 0 bridgehead atoms. The summed E-state index contributed by atoms with van der Waals surface area (Å²) in [7, 11) is 0. The summed E-state index contributed by atoms with van der Waals surface area (Å²) in [6.07, 6.45) is 5.53. The molecule has 1 fully saturated rings. The van der Waals surface area contributed by atoms with Gasteiger partial charge in [-0.05, 0) is 54.4 Å². The van der Waals surface area contributed by atoms with Crippen molar-refractivity contribution in [3.05, 3.63) is 85.3 Å². The largest absolute Gasteiger partial charge is 0.424 e. The third-order valence-corrected chi connectivity index (χ3v) is 7.46. The first-order valence-corrected chi connectivity index (χ1v) is 13.7. The van der Waals surface area contributed by atoms with Crippen LogP contribution in [0.4, 0.5) is 34.5 Å². The van der Waals surface area contributed by atoms with Crippen LogP contribution in [-0.2, 0) is 11.0 Å². The highest BCUT2D eigenvalue weighted by atomic mass is 32.1. The summed E-state index contributed by atoms with van der Waals surface area (Å²) in [5, 5.41) is 5.62. The highest BCUT2D eigenvalue weighted by molar-refractivity contribution is 7.19. The molecule has 1 aliphatic heterocycles. The number of carbonyl (C=O) groups excluding carboxylic acids is 2. The molecule has 218 valence electrons. The van der Waals surface area contributed by atoms with Crippen LogP contribution in [0.2, 0.25) is 0 Å². The van der Waals surface area contributed by atoms with E-state index < -0.39 is 17.8 Å². The Balaban J connectivity index is 1.08. The molecule has 11 nitrogen and oxygen atoms in total. The van der Waals surface area contributed by atoms with Crippen LogP contribution in [0.15, 0.2) is 79.8 Å². The zero-order valence-electron chi connectivity index (χ0n) is 22.1. The van der Waals surface area contributed by atoms with E-state index in [4.69, 9.17) is 4.74 Å². The van der Waals surface area contributed by atoms with Crippen molar-refractivity contribution in [3.8, 4) is 27.9 Å². The number of carbonyl (C=O) groups is 2. The van der Waals surface area contributed by atoms with Crippen molar-refractivity contribution >= 4 is 39.8 Å². The standard InChI is InChI=1S/C28H21F3N8O3S/c29-28(30,31)18-5-8-22(38-11-9-32-16-38)21(12-18)37-25(41)36-19-13-33-26(34-14-19)42-20-6-3-17(4-7-20)23-15-35-27(43-23)39-10-1-2-24(39)40/h3-9,11-16H,1-2,10H2,(H2,36,37,41). The van der Waals surface area contributed by atoms with Gasteiger partial charge in [-0.15, -0.1) is 0 Å². The van der Waals surface area contributed by atoms with Crippen molar-refractivity contribution in [1.82, 2.24) is 24.5 Å². The summed E-state index contributed by atoms with van der Waals surface area (Å²) < 4.78 is 47.1. The summed E-state index contributed by atoms with van der Waals surface area (Å²) in [5.41, 5.74) is 0.401. The molecule has 5 aromatic rings. The average Bonchev–Trinajstić information content (AvgIpc) is 3.77. The number of hydrogen-bond donors (Lipinski definition) is 2. The second-order valence-electron chi connectivity index (χ2n) is 9.32. The van der Waals surface area contributed by atoms with E-state index in [-0.39, 0.29) is 23.3 Å². The fraction of sp³-hybridized carbons (Fsp3) is 0.143. The molecule has 1 aliphatic rings. The van der Waals surface area contributed by atoms with Crippen molar-refractivity contribution in [2.45, 2.75) is 19.0 Å². The van der Waals surface area contributed by atoms with Gasteiger partial charge in [-0.2, -0.15) is 13.2 Å². The maximum absolute atomic E-state index is 13.3. The number of amides is 3. The minimum absolute atomic E-state index is 0.0200. The van der Waals surface area contributed by atoms with Gasteiger partial charge in [0.25, 0.3) is 0 Å². The summed E-state index contributed by atoms with van der Waals surface area (Å²) >= 11 is 1.44. The SMILES string of the molecule is O=C(Nc1cnc(Oc2ccc(-c3cnc(N4CCCC4=O)s3)cc2)nc1)Nc1cc(C(F)(F)F)ccc1-n1ccnc1. The Labute approximate surface area is 246 Å². The molecule has 6 rings (SSSR count). The molecule has 3 amide bonds. The van der Waals surface area contributed by atoms with E-state index in [0.29, 0.717) is 29.5 Å². The number of imidazole rings is 1. The van der Waals surface area contributed by atoms with Crippen LogP contribution in [0.25, 0.3) is 16.1 Å². The van der Waals surface area contributed by atoms with Crippen LogP contribution in [0, 0.1) is 0 Å². The Morgan fingerprint density at radius 1 is 1.00 bits per heavy atom. The minimum atomic E-state index is -4.59. The van der Waals surface area contributed by atoms with Gasteiger partial charge in [-0.3, -0.25) is 9.69 Å². The Hall–Kier alpha value is -5.31. The van der Waals surface area contributed by atoms with Gasteiger partial charge in [-0.25, -0.2) is 24.7 Å². The number of ether oxygens (including phenoxy) is 1. The quantitative estimate of drug-likeness (QED) is 0.221. The summed E-state index contributed by atoms with van der Waals surface area (Å²) in [6.45, 7) is 0.681. The number of urea groups is 1. The molecule has 0 unspecified atom stereocenters. The molecule has 15 heteroatoms. The number of hydrogen-bond acceptors (Lipinski definition) is 8. The molecule has 0 aliphatic carbocycles. The number of nitrogens with one attached hydrogen (secondary N) is 2. The van der Waals surface area contributed by atoms with Crippen molar-refractivity contribution in [2.75, 3.05) is 22.1 Å². The van der Waals surface area contributed by atoms with Gasteiger partial charge < -0.3 is 19.9 Å². The zero-order chi connectivity index (χ0) is 30.0. The lowest BCUT2D eigenvalue weighted by atomic mass is 10.1. The van der Waals surface area contributed by atoms with Gasteiger partial charge in [0, 0.05) is 31.6 Å². The first-order valence-electron chi connectivity index (χ1n) is 12.9. The van der Waals surface area contributed by atoms with E-state index in [2.05, 4.69) is 30.6 Å². The van der Waals surface area contributed by atoms with Crippen molar-refractivity contribution in [1.29, 1.82) is 0 Å².